The van der Waals surface area contributed by atoms with E-state index in [2.05, 4.69) is 10.3 Å². The Morgan fingerprint density at radius 3 is 2.82 bits per heavy atom. The van der Waals surface area contributed by atoms with Crippen LogP contribution in [0.15, 0.2) is 61.1 Å². The first-order valence-corrected chi connectivity index (χ1v) is 12.5. The van der Waals surface area contributed by atoms with Crippen molar-refractivity contribution >= 4 is 17.8 Å². The number of hydrogen-bond acceptors (Lipinski definition) is 6. The minimum atomic E-state index is -4.41. The van der Waals surface area contributed by atoms with Gasteiger partial charge in [0.05, 0.1) is 25.6 Å². The van der Waals surface area contributed by atoms with E-state index in [4.69, 9.17) is 18.9 Å². The highest BCUT2D eigenvalue weighted by atomic mass is 19.4. The van der Waals surface area contributed by atoms with Crippen molar-refractivity contribution < 1.29 is 36.9 Å². The van der Waals surface area contributed by atoms with Gasteiger partial charge in [0.25, 0.3) is 0 Å². The number of nitrogens with zero attached hydrogens (tertiary/aromatic N) is 2. The summed E-state index contributed by atoms with van der Waals surface area (Å²) in [5.41, 5.74) is 0.465. The SMILES string of the molecule is COc1ccc(/C=C/C(=O)Nc2cn(Cc3cccc(C(F)(F)F)c3)cn2)cc1OCCOC1CCCCO1. The van der Waals surface area contributed by atoms with Gasteiger partial charge in [-0.25, -0.2) is 4.98 Å². The summed E-state index contributed by atoms with van der Waals surface area (Å²) in [7, 11) is 1.55. The van der Waals surface area contributed by atoms with E-state index in [9.17, 15) is 18.0 Å². The molecule has 1 fully saturated rings. The number of halogens is 3. The predicted molar refractivity (Wildman–Crippen MR) is 138 cm³/mol. The lowest BCUT2D eigenvalue weighted by Crippen LogP contribution is -2.24. The fourth-order valence-electron chi connectivity index (χ4n) is 3.99. The number of ether oxygens (including phenoxy) is 4. The van der Waals surface area contributed by atoms with Gasteiger partial charge < -0.3 is 28.8 Å². The third-order valence-electron chi connectivity index (χ3n) is 5.90. The van der Waals surface area contributed by atoms with Crippen LogP contribution in [0.5, 0.6) is 11.5 Å². The number of hydrogen-bond donors (Lipinski definition) is 1. The molecule has 1 amide bonds. The summed E-state index contributed by atoms with van der Waals surface area (Å²) in [6.07, 6.45) is 4.37. The number of amides is 1. The predicted octanol–water partition coefficient (Wildman–Crippen LogP) is 5.53. The van der Waals surface area contributed by atoms with Crippen molar-refractivity contribution in [3.8, 4) is 11.5 Å². The van der Waals surface area contributed by atoms with Crippen molar-refractivity contribution in [2.75, 3.05) is 32.2 Å². The normalized spacial score (nSPS) is 15.8. The number of carbonyl (C=O) groups is 1. The molecule has 39 heavy (non-hydrogen) atoms. The molecule has 4 rings (SSSR count). The second-order valence-electron chi connectivity index (χ2n) is 8.88. The van der Waals surface area contributed by atoms with Crippen LogP contribution in [-0.4, -0.2) is 48.7 Å². The molecule has 1 N–H and O–H groups in total. The lowest BCUT2D eigenvalue weighted by atomic mass is 10.1. The summed E-state index contributed by atoms with van der Waals surface area (Å²) in [4.78, 5) is 16.5. The van der Waals surface area contributed by atoms with Crippen LogP contribution in [-0.2, 0) is 27.0 Å². The van der Waals surface area contributed by atoms with Gasteiger partial charge in [0.2, 0.25) is 5.91 Å². The molecule has 3 aromatic rings. The molecular formula is C28H30F3N3O5. The van der Waals surface area contributed by atoms with Crippen molar-refractivity contribution in [3.05, 3.63) is 77.8 Å². The van der Waals surface area contributed by atoms with E-state index >= 15 is 0 Å². The number of aromatic nitrogens is 2. The molecule has 208 valence electrons. The quantitative estimate of drug-likeness (QED) is 0.252. The third kappa shape index (κ3) is 8.59. The highest BCUT2D eigenvalue weighted by molar-refractivity contribution is 6.01. The number of imidazole rings is 1. The zero-order chi connectivity index (χ0) is 27.7. The molecular weight excluding hydrogens is 515 g/mol. The Bertz CT molecular complexity index is 1270. The Morgan fingerprint density at radius 1 is 1.18 bits per heavy atom. The smallest absolute Gasteiger partial charge is 0.416 e. The largest absolute Gasteiger partial charge is 0.493 e. The maximum Gasteiger partial charge on any atom is 0.416 e. The number of nitrogens with one attached hydrogen (secondary N) is 1. The summed E-state index contributed by atoms with van der Waals surface area (Å²) in [5, 5.41) is 2.64. The van der Waals surface area contributed by atoms with Gasteiger partial charge in [-0.15, -0.1) is 0 Å². The van der Waals surface area contributed by atoms with Crippen LogP contribution in [0.2, 0.25) is 0 Å². The summed E-state index contributed by atoms with van der Waals surface area (Å²) in [5.74, 6) is 0.925. The Balaban J connectivity index is 1.29. The van der Waals surface area contributed by atoms with Gasteiger partial charge in [0.15, 0.2) is 23.6 Å². The molecule has 1 saturated heterocycles. The first-order valence-electron chi connectivity index (χ1n) is 12.5. The summed E-state index contributed by atoms with van der Waals surface area (Å²) < 4.78 is 62.8. The summed E-state index contributed by atoms with van der Waals surface area (Å²) in [6, 6.07) is 10.4. The molecule has 1 aromatic heterocycles. The van der Waals surface area contributed by atoms with E-state index in [1.165, 1.54) is 18.5 Å². The number of benzene rings is 2. The van der Waals surface area contributed by atoms with Crippen LogP contribution in [0.4, 0.5) is 19.0 Å². The molecule has 0 aliphatic carbocycles. The highest BCUT2D eigenvalue weighted by Crippen LogP contribution is 2.30. The number of anilines is 1. The van der Waals surface area contributed by atoms with Crippen LogP contribution in [0.25, 0.3) is 6.08 Å². The second kappa shape index (κ2) is 13.3. The van der Waals surface area contributed by atoms with Crippen molar-refractivity contribution in [2.24, 2.45) is 0 Å². The molecule has 2 heterocycles. The Labute approximate surface area is 224 Å². The fraction of sp³-hybridized carbons (Fsp3) is 0.357. The average molecular weight is 546 g/mol. The van der Waals surface area contributed by atoms with Crippen molar-refractivity contribution in [3.63, 3.8) is 0 Å². The van der Waals surface area contributed by atoms with Gasteiger partial charge >= 0.3 is 6.18 Å². The number of methoxy groups -OCH3 is 1. The summed E-state index contributed by atoms with van der Waals surface area (Å²) in [6.45, 7) is 1.57. The number of alkyl halides is 3. The second-order valence-corrected chi connectivity index (χ2v) is 8.88. The van der Waals surface area contributed by atoms with Crippen LogP contribution in [0.1, 0.15) is 36.0 Å². The van der Waals surface area contributed by atoms with Gasteiger partial charge in [-0.05, 0) is 60.7 Å². The molecule has 1 atom stereocenters. The van der Waals surface area contributed by atoms with E-state index in [1.54, 1.807) is 48.2 Å². The van der Waals surface area contributed by atoms with Crippen molar-refractivity contribution in [2.45, 2.75) is 38.3 Å². The Kier molecular flexibility index (Phi) is 9.61. The number of carbonyl (C=O) groups excluding carboxylic acids is 1. The monoisotopic (exact) mass is 545 g/mol. The minimum absolute atomic E-state index is 0.177. The molecule has 2 aromatic carbocycles. The lowest BCUT2D eigenvalue weighted by Gasteiger charge is -2.22. The van der Waals surface area contributed by atoms with Gasteiger partial charge in [-0.1, -0.05) is 18.2 Å². The molecule has 0 saturated carbocycles. The van der Waals surface area contributed by atoms with Gasteiger partial charge in [0.1, 0.15) is 6.61 Å². The maximum atomic E-state index is 12.9. The maximum absolute atomic E-state index is 12.9. The van der Waals surface area contributed by atoms with Gasteiger partial charge in [-0.3, -0.25) is 4.79 Å². The van der Waals surface area contributed by atoms with Crippen LogP contribution in [0.3, 0.4) is 0 Å². The van der Waals surface area contributed by atoms with Crippen molar-refractivity contribution in [1.29, 1.82) is 0 Å². The zero-order valence-electron chi connectivity index (χ0n) is 21.4. The number of rotatable bonds is 11. The zero-order valence-corrected chi connectivity index (χ0v) is 21.4. The van der Waals surface area contributed by atoms with E-state index in [-0.39, 0.29) is 18.7 Å². The van der Waals surface area contributed by atoms with E-state index in [0.717, 1.165) is 31.4 Å². The van der Waals surface area contributed by atoms with E-state index in [1.807, 2.05) is 0 Å². The van der Waals surface area contributed by atoms with Crippen LogP contribution in [0, 0.1) is 0 Å². The van der Waals surface area contributed by atoms with Crippen molar-refractivity contribution in [1.82, 2.24) is 9.55 Å². The Morgan fingerprint density at radius 2 is 2.05 bits per heavy atom. The first-order chi connectivity index (χ1) is 18.8. The fourth-order valence-corrected chi connectivity index (χ4v) is 3.99. The minimum Gasteiger partial charge on any atom is -0.493 e. The summed E-state index contributed by atoms with van der Waals surface area (Å²) >= 11 is 0. The van der Waals surface area contributed by atoms with E-state index < -0.39 is 17.6 Å². The lowest BCUT2D eigenvalue weighted by molar-refractivity contribution is -0.165. The third-order valence-corrected chi connectivity index (χ3v) is 5.90. The van der Waals surface area contributed by atoms with E-state index in [0.29, 0.717) is 42.4 Å². The first kappa shape index (κ1) is 28.2. The van der Waals surface area contributed by atoms with Gasteiger partial charge in [-0.2, -0.15) is 13.2 Å². The average Bonchev–Trinajstić information content (AvgIpc) is 3.36. The molecule has 11 heteroatoms. The standard InChI is InChI=1S/C28H30F3N3O5/c1-36-23-10-8-20(16-24(23)37-13-14-39-27-7-2-3-12-38-27)9-11-26(35)33-25-18-34(19-32-25)17-21-5-4-6-22(15-21)28(29,30)31/h4-6,8-11,15-16,18-19,27H,2-3,7,12-14,17H2,1H3,(H,33,35)/b11-9+. The molecule has 0 radical (unpaired) electrons. The Hall–Kier alpha value is -3.83. The van der Waals surface area contributed by atoms with Crippen LogP contribution < -0.4 is 14.8 Å². The molecule has 1 aliphatic rings. The van der Waals surface area contributed by atoms with Crippen LogP contribution >= 0.6 is 0 Å². The molecule has 0 bridgehead atoms. The molecule has 0 spiro atoms. The molecule has 1 unspecified atom stereocenters. The molecule has 8 nitrogen and oxygen atoms in total. The highest BCUT2D eigenvalue weighted by Gasteiger charge is 2.30. The topological polar surface area (TPSA) is 83.8 Å². The van der Waals surface area contributed by atoms with Gasteiger partial charge in [0, 0.05) is 25.4 Å². The molecule has 1 aliphatic heterocycles.